The minimum Gasteiger partial charge on any atom is -0.356 e. The summed E-state index contributed by atoms with van der Waals surface area (Å²) in [6, 6.07) is 2.63. The number of carbonyl (C=O) groups is 1. The molecule has 220 valence electrons. The summed E-state index contributed by atoms with van der Waals surface area (Å²) in [5.74, 6) is -2.47. The molecule has 1 saturated heterocycles. The van der Waals surface area contributed by atoms with Crippen LogP contribution in [0.5, 0.6) is 0 Å². The standard InChI is InChI=1S/C26H26Cl2F5N7O/c27-19-12(11-34)9-17(30)20(28)21(19)37-25-36-18-10-16(23(38-22(18)39-25)40-7-5-14(29)6-8-40)24(41)35-15-3-1-13(2-4-15)26(31,32)33/h9-10,13-14H,1-8,11,34H2,(H2,36,37,38,39). The fourth-order valence-electron chi connectivity index (χ4n) is 5.08. The van der Waals surface area contributed by atoms with Gasteiger partial charge in [0.1, 0.15) is 22.8 Å². The molecule has 2 fully saturated rings. The van der Waals surface area contributed by atoms with Gasteiger partial charge < -0.3 is 20.9 Å². The molecule has 0 atom stereocenters. The molecule has 3 aromatic rings. The number of H-pyrrole nitrogens is 1. The zero-order valence-electron chi connectivity index (χ0n) is 21.6. The van der Waals surface area contributed by atoms with Gasteiger partial charge in [0.15, 0.2) is 5.65 Å². The maximum Gasteiger partial charge on any atom is 0.391 e. The van der Waals surface area contributed by atoms with E-state index in [4.69, 9.17) is 28.9 Å². The minimum atomic E-state index is -4.28. The van der Waals surface area contributed by atoms with E-state index < -0.39 is 30.0 Å². The van der Waals surface area contributed by atoms with Gasteiger partial charge in [-0.05, 0) is 56.2 Å². The summed E-state index contributed by atoms with van der Waals surface area (Å²) in [5, 5.41) is 2.68. The first kappa shape index (κ1) is 29.5. The second kappa shape index (κ2) is 11.7. The maximum absolute atomic E-state index is 14.3. The van der Waals surface area contributed by atoms with Crippen molar-refractivity contribution in [3.63, 3.8) is 0 Å². The number of pyridine rings is 1. The van der Waals surface area contributed by atoms with Crippen LogP contribution < -0.4 is 16.0 Å². The van der Waals surface area contributed by atoms with Crippen LogP contribution in [0.4, 0.5) is 39.4 Å². The van der Waals surface area contributed by atoms with Crippen LogP contribution in [0.3, 0.4) is 0 Å². The lowest BCUT2D eigenvalue weighted by Crippen LogP contribution is -2.36. The van der Waals surface area contributed by atoms with Gasteiger partial charge in [-0.25, -0.2) is 18.8 Å². The van der Waals surface area contributed by atoms with Gasteiger partial charge >= 0.3 is 6.18 Å². The molecule has 8 nitrogen and oxygen atoms in total. The fraction of sp³-hybridized carbons (Fsp3) is 0.462. The Morgan fingerprint density at radius 1 is 1.12 bits per heavy atom. The Morgan fingerprint density at radius 3 is 2.44 bits per heavy atom. The van der Waals surface area contributed by atoms with Crippen molar-refractivity contribution in [3.05, 3.63) is 39.1 Å². The summed E-state index contributed by atoms with van der Waals surface area (Å²) in [4.78, 5) is 31.2. The molecule has 41 heavy (non-hydrogen) atoms. The summed E-state index contributed by atoms with van der Waals surface area (Å²) >= 11 is 12.5. The molecular formula is C26H26Cl2F5N7O. The first-order chi connectivity index (χ1) is 19.4. The van der Waals surface area contributed by atoms with E-state index >= 15 is 0 Å². The van der Waals surface area contributed by atoms with Crippen LogP contribution in [0, 0.1) is 11.7 Å². The highest BCUT2D eigenvalue weighted by Gasteiger charge is 2.41. The number of nitrogens with zero attached hydrogens (tertiary/aromatic N) is 4. The topological polar surface area (TPSA) is 112 Å². The van der Waals surface area contributed by atoms with Gasteiger partial charge in [0.05, 0.1) is 27.7 Å². The van der Waals surface area contributed by atoms with Crippen LogP contribution in [0.1, 0.15) is 54.4 Å². The monoisotopic (exact) mass is 617 g/mol. The Morgan fingerprint density at radius 2 is 1.80 bits per heavy atom. The molecule has 1 amide bonds. The number of piperidine rings is 1. The van der Waals surface area contributed by atoms with Crippen LogP contribution in [-0.2, 0) is 6.54 Å². The lowest BCUT2D eigenvalue weighted by atomic mass is 9.87. The summed E-state index contributed by atoms with van der Waals surface area (Å²) in [6.45, 7) is 0.568. The number of hydrogen-bond acceptors (Lipinski definition) is 6. The first-order valence-corrected chi connectivity index (χ1v) is 13.8. The third-order valence-corrected chi connectivity index (χ3v) is 8.19. The number of amides is 1. The number of aromatic nitrogens is 3. The predicted molar refractivity (Wildman–Crippen MR) is 148 cm³/mol. The molecule has 1 aliphatic heterocycles. The number of halogens is 7. The van der Waals surface area contributed by atoms with Crippen molar-refractivity contribution in [2.24, 2.45) is 16.6 Å². The van der Waals surface area contributed by atoms with E-state index in [1.165, 1.54) is 6.07 Å². The molecule has 0 radical (unpaired) electrons. The summed E-state index contributed by atoms with van der Waals surface area (Å²) in [5.41, 5.74) is 7.02. The van der Waals surface area contributed by atoms with Crippen molar-refractivity contribution in [3.8, 4) is 0 Å². The highest BCUT2D eigenvalue weighted by atomic mass is 35.5. The van der Waals surface area contributed by atoms with Gasteiger partial charge in [-0.3, -0.25) is 4.79 Å². The number of alkyl halides is 4. The van der Waals surface area contributed by atoms with E-state index in [1.807, 2.05) is 0 Å². The van der Waals surface area contributed by atoms with Gasteiger partial charge in [-0.15, -0.1) is 0 Å². The molecular weight excluding hydrogens is 592 g/mol. The Bertz CT molecular complexity index is 1490. The lowest BCUT2D eigenvalue weighted by Gasteiger charge is -2.30. The Labute approximate surface area is 241 Å². The third-order valence-electron chi connectivity index (χ3n) is 7.39. The molecule has 4 N–H and O–H groups in total. The van der Waals surface area contributed by atoms with E-state index in [2.05, 4.69) is 25.3 Å². The van der Waals surface area contributed by atoms with Gasteiger partial charge in [0, 0.05) is 25.3 Å². The number of nitrogens with two attached hydrogens (primary N) is 1. The van der Waals surface area contributed by atoms with E-state index in [0.717, 1.165) is 6.07 Å². The second-order valence-electron chi connectivity index (χ2n) is 10.1. The Hall–Kier alpha value is -3.03. The number of anilines is 3. The number of carbonyl (C=O) groups excluding carboxylic acids is 1. The molecule has 2 aliphatic rings. The van der Waals surface area contributed by atoms with Crippen molar-refractivity contribution >= 4 is 63.4 Å². The molecule has 1 aliphatic carbocycles. The quantitative estimate of drug-likeness (QED) is 0.212. The van der Waals surface area contributed by atoms with Crippen molar-refractivity contribution in [1.29, 1.82) is 0 Å². The number of hydrogen-bond donors (Lipinski definition) is 3. The average Bonchev–Trinajstić information content (AvgIpc) is 3.34. The van der Waals surface area contributed by atoms with Gasteiger partial charge in [0.25, 0.3) is 5.91 Å². The van der Waals surface area contributed by atoms with Gasteiger partial charge in [-0.2, -0.15) is 18.2 Å². The van der Waals surface area contributed by atoms with Crippen LogP contribution in [0.2, 0.25) is 10.0 Å². The zero-order chi connectivity index (χ0) is 29.5. The molecule has 0 unspecified atom stereocenters. The number of fused-ring (bicyclic) bond motifs is 1. The highest BCUT2D eigenvalue weighted by molar-refractivity contribution is 6.39. The fourth-order valence-corrected chi connectivity index (χ4v) is 5.60. The largest absolute Gasteiger partial charge is 0.391 e. The number of imidazole rings is 1. The lowest BCUT2D eigenvalue weighted by molar-refractivity contribution is -0.178. The van der Waals surface area contributed by atoms with E-state index in [9.17, 15) is 26.7 Å². The molecule has 15 heteroatoms. The normalized spacial score (nSPS) is 18.7. The SMILES string of the molecule is NCc1cc(F)c(Cl)c(Nc2nc3nc(N4CCC(F)CC4)c(C(=O)N=C4CCC(C(F)(F)F)CC4)cc3[nH]2)c1Cl. The molecule has 1 aromatic carbocycles. The number of benzene rings is 1. The third kappa shape index (κ3) is 6.26. The summed E-state index contributed by atoms with van der Waals surface area (Å²) in [6.07, 6.45) is -4.90. The van der Waals surface area contributed by atoms with E-state index in [0.29, 0.717) is 29.9 Å². The zero-order valence-corrected chi connectivity index (χ0v) is 23.1. The van der Waals surface area contributed by atoms with Gasteiger partial charge in [0.2, 0.25) is 5.95 Å². The number of aromatic amines is 1. The van der Waals surface area contributed by atoms with Crippen molar-refractivity contribution in [1.82, 2.24) is 15.0 Å². The van der Waals surface area contributed by atoms with Crippen molar-refractivity contribution in [2.45, 2.75) is 57.4 Å². The van der Waals surface area contributed by atoms with Gasteiger partial charge in [-0.1, -0.05) is 23.2 Å². The maximum atomic E-state index is 14.3. The number of nitrogens with one attached hydrogen (secondary N) is 2. The van der Waals surface area contributed by atoms with E-state index in [-0.39, 0.29) is 83.8 Å². The van der Waals surface area contributed by atoms with Crippen LogP contribution in [0.15, 0.2) is 17.1 Å². The number of aliphatic imine (C=N–C) groups is 1. The van der Waals surface area contributed by atoms with Crippen LogP contribution in [-0.4, -0.2) is 52.0 Å². The summed E-state index contributed by atoms with van der Waals surface area (Å²) < 4.78 is 67.4. The smallest absolute Gasteiger partial charge is 0.356 e. The molecule has 3 heterocycles. The molecule has 0 bridgehead atoms. The number of rotatable bonds is 5. The van der Waals surface area contributed by atoms with Crippen LogP contribution >= 0.6 is 23.2 Å². The molecule has 0 spiro atoms. The molecule has 1 saturated carbocycles. The van der Waals surface area contributed by atoms with Crippen molar-refractivity contribution in [2.75, 3.05) is 23.3 Å². The molecule has 2 aromatic heterocycles. The average molecular weight is 618 g/mol. The van der Waals surface area contributed by atoms with Crippen LogP contribution in [0.25, 0.3) is 11.2 Å². The minimum absolute atomic E-state index is 0.0347. The van der Waals surface area contributed by atoms with Crippen molar-refractivity contribution < 1.29 is 26.7 Å². The Balaban J connectivity index is 1.49. The second-order valence-corrected chi connectivity index (χ2v) is 10.9. The Kier molecular flexibility index (Phi) is 8.40. The highest BCUT2D eigenvalue weighted by Crippen LogP contribution is 2.39. The first-order valence-electron chi connectivity index (χ1n) is 13.0. The molecule has 5 rings (SSSR count). The summed E-state index contributed by atoms with van der Waals surface area (Å²) in [7, 11) is 0. The van der Waals surface area contributed by atoms with E-state index in [1.54, 1.807) is 4.90 Å². The predicted octanol–water partition coefficient (Wildman–Crippen LogP) is 6.88.